The molecule has 1 rings (SSSR count). The zero-order chi connectivity index (χ0) is 6.69. The summed E-state index contributed by atoms with van der Waals surface area (Å²) >= 11 is 0. The Morgan fingerprint density at radius 1 is 1.78 bits per heavy atom. The Morgan fingerprint density at radius 2 is 2.56 bits per heavy atom. The molecule has 9 heavy (non-hydrogen) atoms. The molecule has 2 radical (unpaired) electrons. The molecule has 1 saturated heterocycles. The minimum Gasteiger partial charge on any atom is -0.393 e. The molecule has 0 bridgehead atoms. The number of nitrogens with zero attached hydrogens (tertiary/aromatic N) is 1. The molecule has 0 amide bonds. The summed E-state index contributed by atoms with van der Waals surface area (Å²) in [6, 6.07) is 0. The van der Waals surface area contributed by atoms with Gasteiger partial charge < -0.3 is 5.11 Å². The Morgan fingerprint density at radius 3 is 2.89 bits per heavy atom. The lowest BCUT2D eigenvalue weighted by molar-refractivity contribution is 0.132. The van der Waals surface area contributed by atoms with Crippen LogP contribution in [-0.4, -0.2) is 24.3 Å². The van der Waals surface area contributed by atoms with Crippen molar-refractivity contribution < 1.29 is 5.11 Å². The quantitative estimate of drug-likeness (QED) is 0.536. The van der Waals surface area contributed by atoms with Gasteiger partial charge in [0.2, 0.25) is 0 Å². The molecule has 1 heterocycles. The van der Waals surface area contributed by atoms with Gasteiger partial charge in [-0.1, -0.05) is 0 Å². The zero-order valence-electron chi connectivity index (χ0n) is 5.75. The van der Waals surface area contributed by atoms with Crippen LogP contribution in [0.3, 0.4) is 0 Å². The molecule has 2 unspecified atom stereocenters. The van der Waals surface area contributed by atoms with Gasteiger partial charge in [0.1, 0.15) is 0 Å². The molecular weight excluding hydrogens is 114 g/mol. The van der Waals surface area contributed by atoms with Crippen LogP contribution in [0.15, 0.2) is 0 Å². The van der Waals surface area contributed by atoms with E-state index in [0.29, 0.717) is 5.92 Å². The second-order valence-electron chi connectivity index (χ2n) is 2.56. The van der Waals surface area contributed by atoms with Gasteiger partial charge in [-0.25, -0.2) is 5.32 Å². The highest BCUT2D eigenvalue weighted by molar-refractivity contribution is 4.86. The van der Waals surface area contributed by atoms with Crippen LogP contribution in [0.4, 0.5) is 0 Å². The van der Waals surface area contributed by atoms with Crippen LogP contribution < -0.4 is 5.32 Å². The van der Waals surface area contributed by atoms with Gasteiger partial charge in [-0.05, 0) is 19.8 Å². The SMILES string of the molecule is CC(O)C1[CH]CC[N]C1. The van der Waals surface area contributed by atoms with Gasteiger partial charge >= 0.3 is 0 Å². The summed E-state index contributed by atoms with van der Waals surface area (Å²) in [5, 5.41) is 13.3. The lowest BCUT2D eigenvalue weighted by atomic mass is 9.95. The molecule has 52 valence electrons. The summed E-state index contributed by atoms with van der Waals surface area (Å²) in [7, 11) is 0. The highest BCUT2D eigenvalue weighted by Crippen LogP contribution is 2.12. The Balaban J connectivity index is 2.23. The maximum atomic E-state index is 9.09. The molecule has 0 spiro atoms. The second kappa shape index (κ2) is 3.18. The van der Waals surface area contributed by atoms with Crippen molar-refractivity contribution in [2.45, 2.75) is 19.4 Å². The topological polar surface area (TPSA) is 34.3 Å². The normalized spacial score (nSPS) is 32.0. The largest absolute Gasteiger partial charge is 0.393 e. The monoisotopic (exact) mass is 127 g/mol. The van der Waals surface area contributed by atoms with Crippen molar-refractivity contribution in [3.8, 4) is 0 Å². The highest BCUT2D eigenvalue weighted by atomic mass is 16.3. The van der Waals surface area contributed by atoms with E-state index >= 15 is 0 Å². The summed E-state index contributed by atoms with van der Waals surface area (Å²) in [6.07, 6.45) is 2.99. The number of hydrogen-bond acceptors (Lipinski definition) is 1. The number of aliphatic hydroxyl groups is 1. The van der Waals surface area contributed by atoms with Crippen molar-refractivity contribution in [3.63, 3.8) is 0 Å². The molecule has 2 atom stereocenters. The highest BCUT2D eigenvalue weighted by Gasteiger charge is 2.17. The first-order valence-electron chi connectivity index (χ1n) is 3.45. The van der Waals surface area contributed by atoms with E-state index in [9.17, 15) is 0 Å². The van der Waals surface area contributed by atoms with E-state index in [1.165, 1.54) is 0 Å². The van der Waals surface area contributed by atoms with E-state index in [-0.39, 0.29) is 6.10 Å². The maximum absolute atomic E-state index is 9.09. The van der Waals surface area contributed by atoms with Crippen LogP contribution >= 0.6 is 0 Å². The fraction of sp³-hybridized carbons (Fsp3) is 0.857. The molecule has 0 aromatic rings. The third-order valence-corrected chi connectivity index (χ3v) is 1.72. The molecule has 1 N–H and O–H groups in total. The third-order valence-electron chi connectivity index (χ3n) is 1.72. The number of hydrogen-bond donors (Lipinski definition) is 1. The minimum absolute atomic E-state index is 0.214. The molecular formula is C7H13NO. The summed E-state index contributed by atoms with van der Waals surface area (Å²) < 4.78 is 0. The van der Waals surface area contributed by atoms with Gasteiger partial charge in [-0.2, -0.15) is 0 Å². The molecule has 0 aromatic carbocycles. The van der Waals surface area contributed by atoms with Crippen molar-refractivity contribution in [1.82, 2.24) is 5.32 Å². The van der Waals surface area contributed by atoms with Gasteiger partial charge in [-0.15, -0.1) is 0 Å². The molecule has 0 saturated carbocycles. The van der Waals surface area contributed by atoms with E-state index in [1.54, 1.807) is 0 Å². The van der Waals surface area contributed by atoms with Crippen LogP contribution in [-0.2, 0) is 0 Å². The van der Waals surface area contributed by atoms with Gasteiger partial charge in [0.05, 0.1) is 6.10 Å². The van der Waals surface area contributed by atoms with Gasteiger partial charge in [-0.3, -0.25) is 0 Å². The fourth-order valence-electron chi connectivity index (χ4n) is 1.04. The Kier molecular flexibility index (Phi) is 2.49. The van der Waals surface area contributed by atoms with Crippen molar-refractivity contribution >= 4 is 0 Å². The van der Waals surface area contributed by atoms with Crippen LogP contribution in [0, 0.1) is 12.3 Å². The average Bonchev–Trinajstić information content (AvgIpc) is 1.90. The molecule has 1 aliphatic rings. The van der Waals surface area contributed by atoms with Crippen molar-refractivity contribution in [2.24, 2.45) is 5.92 Å². The van der Waals surface area contributed by atoms with Gasteiger partial charge in [0.25, 0.3) is 0 Å². The molecule has 1 aliphatic heterocycles. The second-order valence-corrected chi connectivity index (χ2v) is 2.56. The van der Waals surface area contributed by atoms with E-state index in [4.69, 9.17) is 5.11 Å². The number of aliphatic hydroxyl groups excluding tert-OH is 1. The van der Waals surface area contributed by atoms with Crippen LogP contribution in [0.1, 0.15) is 13.3 Å². The first kappa shape index (κ1) is 7.03. The molecule has 2 heteroatoms. The standard InChI is InChI=1S/C7H13NO/c1-6(9)7-3-2-4-8-5-7/h3,6-7,9H,2,4-5H2,1H3. The van der Waals surface area contributed by atoms with Gasteiger partial charge in [0, 0.05) is 19.0 Å². The van der Waals surface area contributed by atoms with Crippen LogP contribution in [0.25, 0.3) is 0 Å². The van der Waals surface area contributed by atoms with Crippen molar-refractivity contribution in [3.05, 3.63) is 6.42 Å². The summed E-state index contributed by atoms with van der Waals surface area (Å²) in [6.45, 7) is 3.59. The van der Waals surface area contributed by atoms with E-state index in [1.807, 2.05) is 6.92 Å². The minimum atomic E-state index is -0.214. The Bertz CT molecular complexity index is 77.0. The predicted octanol–water partition coefficient (Wildman–Crippen LogP) is 0.196. The first-order chi connectivity index (χ1) is 4.30. The first-order valence-corrected chi connectivity index (χ1v) is 3.45. The maximum Gasteiger partial charge on any atom is 0.0555 e. The molecule has 0 aromatic heterocycles. The Hall–Kier alpha value is -0.0800. The Labute approximate surface area is 56.3 Å². The van der Waals surface area contributed by atoms with Crippen molar-refractivity contribution in [1.29, 1.82) is 0 Å². The van der Waals surface area contributed by atoms with E-state index in [0.717, 1.165) is 19.5 Å². The summed E-state index contributed by atoms with van der Waals surface area (Å²) in [5.74, 6) is 0.318. The summed E-state index contributed by atoms with van der Waals surface area (Å²) in [4.78, 5) is 0. The lowest BCUT2D eigenvalue weighted by Gasteiger charge is -2.23. The van der Waals surface area contributed by atoms with Gasteiger partial charge in [0.15, 0.2) is 0 Å². The summed E-state index contributed by atoms with van der Waals surface area (Å²) in [5.41, 5.74) is 0. The third kappa shape index (κ3) is 1.95. The lowest BCUT2D eigenvalue weighted by Crippen LogP contribution is -2.31. The fourth-order valence-corrected chi connectivity index (χ4v) is 1.04. The average molecular weight is 127 g/mol. The van der Waals surface area contributed by atoms with Crippen LogP contribution in [0.5, 0.6) is 0 Å². The predicted molar refractivity (Wildman–Crippen MR) is 36.0 cm³/mol. The van der Waals surface area contributed by atoms with Crippen LogP contribution in [0.2, 0.25) is 0 Å². The smallest absolute Gasteiger partial charge is 0.0555 e. The van der Waals surface area contributed by atoms with E-state index < -0.39 is 0 Å². The number of piperidine rings is 1. The molecule has 1 fully saturated rings. The zero-order valence-corrected chi connectivity index (χ0v) is 5.75. The molecule has 0 aliphatic carbocycles. The van der Waals surface area contributed by atoms with E-state index in [2.05, 4.69) is 11.7 Å². The molecule has 2 nitrogen and oxygen atoms in total. The number of rotatable bonds is 1. The van der Waals surface area contributed by atoms with Crippen molar-refractivity contribution in [2.75, 3.05) is 13.1 Å².